The third kappa shape index (κ3) is 7.27. The van der Waals surface area contributed by atoms with Crippen LogP contribution in [0, 0.1) is 0 Å². The van der Waals surface area contributed by atoms with Crippen LogP contribution in [0.1, 0.15) is 5.56 Å². The Morgan fingerprint density at radius 3 is 1.73 bits per heavy atom. The van der Waals surface area contributed by atoms with E-state index in [1.54, 1.807) is 0 Å². The van der Waals surface area contributed by atoms with E-state index in [9.17, 15) is 0 Å². The fourth-order valence-corrected chi connectivity index (χ4v) is 0.978. The minimum atomic E-state index is 0. The Labute approximate surface area is 103 Å². The average molecular weight is 285 g/mol. The first-order valence-electron chi connectivity index (χ1n) is 2.76. The average Bonchev–Trinajstić information content (AvgIpc) is 1.90. The first-order chi connectivity index (χ1) is 3.93. The van der Waals surface area contributed by atoms with Crippen LogP contribution in [0.3, 0.4) is 0 Å². The molecule has 0 fully saturated rings. The van der Waals surface area contributed by atoms with Crippen LogP contribution in [0.4, 0.5) is 0 Å². The van der Waals surface area contributed by atoms with E-state index in [0.29, 0.717) is 0 Å². The van der Waals surface area contributed by atoms with E-state index in [1.807, 2.05) is 16.3 Å². The largest absolute Gasteiger partial charge is 0.147 e. The van der Waals surface area contributed by atoms with Gasteiger partial charge in [-0.2, -0.15) is 0 Å². The molecule has 1 rings (SSSR count). The minimum absolute atomic E-state index is 0. The standard InChI is InChI=1S/C7H9Si.2ClH.Zr/c8-6-7-4-2-1-3-5-7;;;/h1-5H,6,8H2;2*1H;. The van der Waals surface area contributed by atoms with E-state index in [-0.39, 0.29) is 51.0 Å². The molecule has 0 bridgehead atoms. The van der Waals surface area contributed by atoms with Crippen LogP contribution < -0.4 is 0 Å². The zero-order valence-electron chi connectivity index (χ0n) is 6.12. The van der Waals surface area contributed by atoms with Gasteiger partial charge in [-0.1, -0.05) is 35.9 Å². The molecule has 11 heavy (non-hydrogen) atoms. The van der Waals surface area contributed by atoms with Crippen molar-refractivity contribution in [1.29, 1.82) is 0 Å². The Bertz CT molecular complexity index is 158. The number of benzene rings is 1. The van der Waals surface area contributed by atoms with Crippen molar-refractivity contribution in [3.05, 3.63) is 35.9 Å². The molecule has 4 heteroatoms. The Balaban J connectivity index is -0.000000213. The Morgan fingerprint density at radius 2 is 1.45 bits per heavy atom. The van der Waals surface area contributed by atoms with Crippen LogP contribution in [-0.2, 0) is 32.2 Å². The first-order valence-corrected chi connectivity index (χ1v) is 3.76. The van der Waals surface area contributed by atoms with E-state index in [1.165, 1.54) is 11.6 Å². The van der Waals surface area contributed by atoms with Gasteiger partial charge in [-0.3, -0.25) is 0 Å². The molecule has 0 aliphatic rings. The summed E-state index contributed by atoms with van der Waals surface area (Å²) in [7, 11) is 1.98. The van der Waals surface area contributed by atoms with E-state index in [2.05, 4.69) is 24.3 Å². The van der Waals surface area contributed by atoms with Gasteiger partial charge in [0.25, 0.3) is 0 Å². The maximum Gasteiger partial charge on any atom is 0.0138 e. The molecule has 0 aromatic heterocycles. The van der Waals surface area contributed by atoms with E-state index in [4.69, 9.17) is 0 Å². The monoisotopic (exact) mass is 283 g/mol. The molecule has 0 N–H and O–H groups in total. The summed E-state index contributed by atoms with van der Waals surface area (Å²) in [5.74, 6) is 0. The molecule has 0 heterocycles. The first kappa shape index (κ1) is 17.8. The van der Waals surface area contributed by atoms with Crippen molar-refractivity contribution in [2.75, 3.05) is 0 Å². The second-order valence-electron chi connectivity index (χ2n) is 1.74. The van der Waals surface area contributed by atoms with Gasteiger partial charge in [0.1, 0.15) is 0 Å². The smallest absolute Gasteiger partial charge is 0.0138 e. The summed E-state index contributed by atoms with van der Waals surface area (Å²) in [6, 6.07) is 11.6. The summed E-state index contributed by atoms with van der Waals surface area (Å²) in [5, 5.41) is 0. The summed E-state index contributed by atoms with van der Waals surface area (Å²) in [5.41, 5.74) is 1.42. The molecule has 1 aromatic carbocycles. The normalized spacial score (nSPS) is 6.64. The molecule has 0 spiro atoms. The van der Waals surface area contributed by atoms with Gasteiger partial charge in [-0.15, -0.1) is 24.8 Å². The number of halogens is 2. The Hall–Kier alpha value is 0.900. The van der Waals surface area contributed by atoms with Gasteiger partial charge in [-0.25, -0.2) is 0 Å². The molecule has 61 valence electrons. The maximum atomic E-state index is 2.15. The van der Waals surface area contributed by atoms with E-state index < -0.39 is 0 Å². The summed E-state index contributed by atoms with van der Waals surface area (Å²) in [6.07, 6.45) is 0. The summed E-state index contributed by atoms with van der Waals surface area (Å²) in [4.78, 5) is 0. The molecule has 0 atom stereocenters. The number of hydrogen-bond acceptors (Lipinski definition) is 0. The van der Waals surface area contributed by atoms with Crippen molar-refractivity contribution in [2.24, 2.45) is 0 Å². The van der Waals surface area contributed by atoms with Crippen molar-refractivity contribution >= 4 is 35.1 Å². The van der Waals surface area contributed by atoms with Gasteiger partial charge in [0.05, 0.1) is 0 Å². The van der Waals surface area contributed by atoms with Crippen molar-refractivity contribution in [1.82, 2.24) is 0 Å². The third-order valence-corrected chi connectivity index (χ3v) is 1.71. The second-order valence-corrected chi connectivity index (χ2v) is 2.24. The molecule has 0 saturated carbocycles. The fraction of sp³-hybridized carbons (Fsp3) is 0.143. The molecule has 0 amide bonds. The van der Waals surface area contributed by atoms with Crippen LogP contribution in [0.2, 0.25) is 0 Å². The molecular formula is C7H11Cl2SiZr. The quantitative estimate of drug-likeness (QED) is 0.689. The van der Waals surface area contributed by atoms with Gasteiger partial charge >= 0.3 is 0 Å². The molecule has 0 aliphatic heterocycles. The maximum absolute atomic E-state index is 2.15. The molecular weight excluding hydrogens is 274 g/mol. The SMILES string of the molecule is Cl.Cl.[SiH2]Cc1ccccc1.[Zr]. The molecule has 0 unspecified atom stereocenters. The van der Waals surface area contributed by atoms with Gasteiger partial charge in [0.2, 0.25) is 0 Å². The molecule has 0 nitrogen and oxygen atoms in total. The zero-order valence-corrected chi connectivity index (χ0v) is 11.6. The van der Waals surface area contributed by atoms with Gasteiger partial charge in [0, 0.05) is 36.4 Å². The van der Waals surface area contributed by atoms with Crippen LogP contribution in [0.15, 0.2) is 30.3 Å². The zero-order chi connectivity index (χ0) is 5.82. The Kier molecular flexibility index (Phi) is 17.7. The van der Waals surface area contributed by atoms with Gasteiger partial charge in [-0.05, 0) is 6.04 Å². The summed E-state index contributed by atoms with van der Waals surface area (Å²) < 4.78 is 0. The third-order valence-electron chi connectivity index (χ3n) is 1.13. The molecule has 0 aliphatic carbocycles. The molecule has 1 radical (unpaired) electrons. The van der Waals surface area contributed by atoms with Crippen molar-refractivity contribution in [3.63, 3.8) is 0 Å². The van der Waals surface area contributed by atoms with Crippen molar-refractivity contribution < 1.29 is 26.2 Å². The van der Waals surface area contributed by atoms with Crippen LogP contribution in [0.25, 0.3) is 0 Å². The van der Waals surface area contributed by atoms with E-state index >= 15 is 0 Å². The fourth-order valence-electron chi connectivity index (χ4n) is 0.645. The van der Waals surface area contributed by atoms with Crippen LogP contribution >= 0.6 is 24.8 Å². The van der Waals surface area contributed by atoms with Crippen LogP contribution in [0.5, 0.6) is 0 Å². The van der Waals surface area contributed by atoms with Crippen LogP contribution in [-0.4, -0.2) is 10.2 Å². The van der Waals surface area contributed by atoms with Gasteiger partial charge in [0.15, 0.2) is 0 Å². The summed E-state index contributed by atoms with van der Waals surface area (Å²) >= 11 is 0. The predicted octanol–water partition coefficient (Wildman–Crippen LogP) is 1.66. The van der Waals surface area contributed by atoms with Crippen molar-refractivity contribution in [3.8, 4) is 0 Å². The van der Waals surface area contributed by atoms with Gasteiger partial charge < -0.3 is 0 Å². The van der Waals surface area contributed by atoms with E-state index in [0.717, 1.165) is 0 Å². The predicted molar refractivity (Wildman–Crippen MR) is 53.2 cm³/mol. The second kappa shape index (κ2) is 10.9. The number of rotatable bonds is 1. The topological polar surface area (TPSA) is 0 Å². The number of hydrogen-bond donors (Lipinski definition) is 0. The summed E-state index contributed by atoms with van der Waals surface area (Å²) in [6.45, 7) is 0. The molecule has 0 saturated heterocycles. The minimum Gasteiger partial charge on any atom is -0.147 e. The van der Waals surface area contributed by atoms with Crippen molar-refractivity contribution in [2.45, 2.75) is 6.04 Å². The Morgan fingerprint density at radius 1 is 1.00 bits per heavy atom. The molecule has 1 aromatic rings.